The maximum absolute atomic E-state index is 6.54. The maximum atomic E-state index is 6.54. The van der Waals surface area contributed by atoms with Gasteiger partial charge in [0.1, 0.15) is 11.2 Å². The van der Waals surface area contributed by atoms with Crippen LogP contribution in [0.1, 0.15) is 0 Å². The highest BCUT2D eigenvalue weighted by molar-refractivity contribution is 6.24. The van der Waals surface area contributed by atoms with Gasteiger partial charge in [-0.2, -0.15) is 0 Å². The smallest absolute Gasteiger partial charge is 0.136 e. The molecule has 0 aliphatic carbocycles. The Morgan fingerprint density at radius 2 is 0.792 bits per heavy atom. The minimum absolute atomic E-state index is 0.908. The molecule has 0 radical (unpaired) electrons. The van der Waals surface area contributed by atoms with Gasteiger partial charge in [-0.3, -0.25) is 0 Å². The quantitative estimate of drug-likeness (QED) is 0.170. The maximum Gasteiger partial charge on any atom is 0.136 e. The van der Waals surface area contributed by atoms with Crippen molar-refractivity contribution in [1.82, 2.24) is 0 Å². The Hall–Kier alpha value is -6.96. The van der Waals surface area contributed by atoms with Crippen LogP contribution in [0.15, 0.2) is 199 Å². The Morgan fingerprint density at radius 1 is 0.264 bits per heavy atom. The summed E-state index contributed by atoms with van der Waals surface area (Å²) in [6.45, 7) is 0. The van der Waals surface area contributed by atoms with E-state index < -0.39 is 0 Å². The molecule has 0 atom stereocenters. The molecule has 0 N–H and O–H groups in total. The number of fused-ring (bicyclic) bond motifs is 8. The summed E-state index contributed by atoms with van der Waals surface area (Å²) in [6.07, 6.45) is 0. The molecular weight excluding hydrogens is 641 g/mol. The lowest BCUT2D eigenvalue weighted by atomic mass is 9.84. The molecule has 0 aliphatic rings. The van der Waals surface area contributed by atoms with Gasteiger partial charge >= 0.3 is 0 Å². The van der Waals surface area contributed by atoms with Gasteiger partial charge in [0.05, 0.1) is 0 Å². The molecule has 0 saturated heterocycles. The first-order chi connectivity index (χ1) is 26.3. The number of benzene rings is 10. The molecule has 0 bridgehead atoms. The first-order valence-electron chi connectivity index (χ1n) is 18.3. The molecule has 53 heavy (non-hydrogen) atoms. The van der Waals surface area contributed by atoms with Gasteiger partial charge in [-0.05, 0) is 118 Å². The summed E-state index contributed by atoms with van der Waals surface area (Å²) >= 11 is 0. The van der Waals surface area contributed by atoms with E-state index in [1.807, 2.05) is 0 Å². The summed E-state index contributed by atoms with van der Waals surface area (Å²) in [7, 11) is 0. The first-order valence-corrected chi connectivity index (χ1v) is 18.3. The van der Waals surface area contributed by atoms with Crippen LogP contribution in [0.2, 0.25) is 0 Å². The van der Waals surface area contributed by atoms with Crippen molar-refractivity contribution in [2.45, 2.75) is 0 Å². The highest BCUT2D eigenvalue weighted by atomic mass is 16.3. The van der Waals surface area contributed by atoms with E-state index in [0.29, 0.717) is 0 Å². The molecule has 0 saturated carbocycles. The average molecular weight is 673 g/mol. The molecule has 11 rings (SSSR count). The molecular formula is C52H32O. The van der Waals surface area contributed by atoms with Gasteiger partial charge in [0.25, 0.3) is 0 Å². The van der Waals surface area contributed by atoms with Crippen molar-refractivity contribution < 1.29 is 4.42 Å². The predicted molar refractivity (Wildman–Crippen MR) is 225 cm³/mol. The SMILES string of the molecule is c1ccc(-c2ccc3c(c2)oc2ccc4ccc(-c5c6ccccc6c(-c6ccc7cccc(-c8ccccc8)c7c6)c6ccccc56)cc4c23)cc1. The lowest BCUT2D eigenvalue weighted by molar-refractivity contribution is 0.669. The van der Waals surface area contributed by atoms with Crippen LogP contribution in [0.5, 0.6) is 0 Å². The fourth-order valence-electron chi connectivity index (χ4n) is 8.61. The summed E-state index contributed by atoms with van der Waals surface area (Å²) in [6, 6.07) is 70.5. The summed E-state index contributed by atoms with van der Waals surface area (Å²) in [4.78, 5) is 0. The fraction of sp³-hybridized carbons (Fsp3) is 0. The van der Waals surface area contributed by atoms with E-state index in [4.69, 9.17) is 4.42 Å². The number of hydrogen-bond acceptors (Lipinski definition) is 1. The van der Waals surface area contributed by atoms with Crippen molar-refractivity contribution in [3.05, 3.63) is 194 Å². The second-order valence-corrected chi connectivity index (χ2v) is 14.0. The highest BCUT2D eigenvalue weighted by Crippen LogP contribution is 2.46. The summed E-state index contributed by atoms with van der Waals surface area (Å²) in [5.74, 6) is 0. The molecule has 10 aromatic carbocycles. The predicted octanol–water partition coefficient (Wildman–Crippen LogP) is 14.9. The largest absolute Gasteiger partial charge is 0.456 e. The molecule has 11 aromatic rings. The van der Waals surface area contributed by atoms with E-state index in [-0.39, 0.29) is 0 Å². The monoisotopic (exact) mass is 672 g/mol. The third-order valence-corrected chi connectivity index (χ3v) is 11.0. The highest BCUT2D eigenvalue weighted by Gasteiger charge is 2.19. The van der Waals surface area contributed by atoms with Crippen LogP contribution in [-0.2, 0) is 0 Å². The Morgan fingerprint density at radius 3 is 1.43 bits per heavy atom. The number of hydrogen-bond donors (Lipinski definition) is 0. The van der Waals surface area contributed by atoms with Gasteiger partial charge < -0.3 is 4.42 Å². The lowest BCUT2D eigenvalue weighted by Crippen LogP contribution is -1.91. The zero-order valence-corrected chi connectivity index (χ0v) is 28.9. The summed E-state index contributed by atoms with van der Waals surface area (Å²) in [5, 5.41) is 12.2. The number of furan rings is 1. The fourth-order valence-corrected chi connectivity index (χ4v) is 8.61. The van der Waals surface area contributed by atoms with E-state index in [0.717, 1.165) is 27.5 Å². The van der Waals surface area contributed by atoms with Crippen molar-refractivity contribution in [2.75, 3.05) is 0 Å². The molecule has 246 valence electrons. The van der Waals surface area contributed by atoms with Gasteiger partial charge in [0.2, 0.25) is 0 Å². The summed E-state index contributed by atoms with van der Waals surface area (Å²) in [5.41, 5.74) is 11.6. The minimum atomic E-state index is 0.908. The zero-order valence-electron chi connectivity index (χ0n) is 28.9. The number of rotatable bonds is 4. The third kappa shape index (κ3) is 4.71. The van der Waals surface area contributed by atoms with E-state index >= 15 is 0 Å². The van der Waals surface area contributed by atoms with Gasteiger partial charge in [0, 0.05) is 10.8 Å². The van der Waals surface area contributed by atoms with Crippen molar-refractivity contribution in [2.24, 2.45) is 0 Å². The molecule has 0 aliphatic heterocycles. The molecule has 0 amide bonds. The Balaban J connectivity index is 1.15. The van der Waals surface area contributed by atoms with Crippen molar-refractivity contribution in [3.63, 3.8) is 0 Å². The second-order valence-electron chi connectivity index (χ2n) is 14.0. The minimum Gasteiger partial charge on any atom is -0.456 e. The van der Waals surface area contributed by atoms with Crippen LogP contribution in [0.25, 0.3) is 110 Å². The molecule has 0 unspecified atom stereocenters. The molecule has 0 spiro atoms. The Labute approximate surface area is 307 Å². The van der Waals surface area contributed by atoms with Crippen molar-refractivity contribution in [1.29, 1.82) is 0 Å². The molecule has 1 heteroatoms. The van der Waals surface area contributed by atoms with E-state index in [1.54, 1.807) is 0 Å². The van der Waals surface area contributed by atoms with Crippen LogP contribution in [-0.4, -0.2) is 0 Å². The second kappa shape index (κ2) is 11.8. The Kier molecular flexibility index (Phi) is 6.62. The van der Waals surface area contributed by atoms with Gasteiger partial charge in [-0.15, -0.1) is 0 Å². The molecule has 1 heterocycles. The van der Waals surface area contributed by atoms with Crippen molar-refractivity contribution in [3.8, 4) is 44.5 Å². The van der Waals surface area contributed by atoms with Crippen LogP contribution in [0.4, 0.5) is 0 Å². The van der Waals surface area contributed by atoms with E-state index in [1.165, 1.54) is 82.0 Å². The third-order valence-electron chi connectivity index (χ3n) is 11.0. The lowest BCUT2D eigenvalue weighted by Gasteiger charge is -2.19. The van der Waals surface area contributed by atoms with Gasteiger partial charge in [-0.1, -0.05) is 164 Å². The van der Waals surface area contributed by atoms with Gasteiger partial charge in [-0.25, -0.2) is 0 Å². The van der Waals surface area contributed by atoms with Crippen LogP contribution < -0.4 is 0 Å². The molecule has 0 fully saturated rings. The van der Waals surface area contributed by atoms with Crippen LogP contribution in [0.3, 0.4) is 0 Å². The van der Waals surface area contributed by atoms with Crippen LogP contribution >= 0.6 is 0 Å². The first kappa shape index (κ1) is 29.7. The average Bonchev–Trinajstić information content (AvgIpc) is 3.61. The van der Waals surface area contributed by atoms with E-state index in [2.05, 4.69) is 194 Å². The standard InChI is InChI=1S/C52H32O/c1-3-12-33(13-4-1)37-26-28-45-49(32-37)53-48-29-27-36-23-25-39(31-47(36)52(45)48)51-43-19-9-7-17-41(43)50(42-18-8-10-20-44(42)51)38-24-22-35-16-11-21-40(46(35)30-38)34-14-5-2-6-15-34/h1-32H. The van der Waals surface area contributed by atoms with Crippen LogP contribution in [0, 0.1) is 0 Å². The van der Waals surface area contributed by atoms with Gasteiger partial charge in [0.15, 0.2) is 0 Å². The normalized spacial score (nSPS) is 11.8. The summed E-state index contributed by atoms with van der Waals surface area (Å²) < 4.78 is 6.54. The zero-order chi connectivity index (χ0) is 34.9. The van der Waals surface area contributed by atoms with Crippen molar-refractivity contribution >= 4 is 65.0 Å². The molecule has 1 nitrogen and oxygen atoms in total. The Bertz CT molecular complexity index is 3150. The molecule has 1 aromatic heterocycles. The topological polar surface area (TPSA) is 13.1 Å². The van der Waals surface area contributed by atoms with E-state index in [9.17, 15) is 0 Å².